The van der Waals surface area contributed by atoms with Crippen molar-refractivity contribution < 1.29 is 28.5 Å². The molecular weight excluding hydrogens is 364 g/mol. The molecular formula is C20H28N2O6. The number of nitrogens with zero attached hydrogens (tertiary/aromatic N) is 2. The van der Waals surface area contributed by atoms with Crippen LogP contribution in [0.15, 0.2) is 18.2 Å². The van der Waals surface area contributed by atoms with Crippen molar-refractivity contribution >= 4 is 12.1 Å². The predicted molar refractivity (Wildman–Crippen MR) is 101 cm³/mol. The van der Waals surface area contributed by atoms with Gasteiger partial charge in [-0.15, -0.1) is 0 Å². The minimum Gasteiger partial charge on any atom is -0.454 e. The highest BCUT2D eigenvalue weighted by molar-refractivity contribution is 5.72. The molecule has 0 aliphatic carbocycles. The Morgan fingerprint density at radius 1 is 1.14 bits per heavy atom. The molecule has 8 nitrogen and oxygen atoms in total. The largest absolute Gasteiger partial charge is 0.454 e. The summed E-state index contributed by atoms with van der Waals surface area (Å²) in [5.41, 5.74) is 1.03. The molecule has 2 heterocycles. The van der Waals surface area contributed by atoms with Crippen LogP contribution in [0.3, 0.4) is 0 Å². The SMILES string of the molecule is CC(OC(=O)CN1CCCC1)OC(=O)N(C)C(C)Cc1ccc2c(c1)OCO2. The lowest BCUT2D eigenvalue weighted by Gasteiger charge is -2.26. The van der Waals surface area contributed by atoms with Crippen molar-refractivity contribution in [1.29, 1.82) is 0 Å². The fraction of sp³-hybridized carbons (Fsp3) is 0.600. The second-order valence-electron chi connectivity index (χ2n) is 7.28. The van der Waals surface area contributed by atoms with E-state index in [2.05, 4.69) is 0 Å². The van der Waals surface area contributed by atoms with Crippen LogP contribution < -0.4 is 9.47 Å². The van der Waals surface area contributed by atoms with Gasteiger partial charge in [-0.2, -0.15) is 0 Å². The zero-order valence-corrected chi connectivity index (χ0v) is 16.7. The monoisotopic (exact) mass is 392 g/mol. The molecule has 1 amide bonds. The highest BCUT2D eigenvalue weighted by Gasteiger charge is 2.23. The average molecular weight is 392 g/mol. The Balaban J connectivity index is 1.44. The zero-order valence-electron chi connectivity index (χ0n) is 16.7. The Kier molecular flexibility index (Phi) is 6.61. The van der Waals surface area contributed by atoms with E-state index in [1.54, 1.807) is 14.0 Å². The van der Waals surface area contributed by atoms with Crippen LogP contribution in [0.1, 0.15) is 32.3 Å². The van der Waals surface area contributed by atoms with Crippen molar-refractivity contribution in [2.45, 2.75) is 45.4 Å². The predicted octanol–water partition coefficient (Wildman–Crippen LogP) is 2.40. The summed E-state index contributed by atoms with van der Waals surface area (Å²) in [4.78, 5) is 27.8. The second-order valence-corrected chi connectivity index (χ2v) is 7.28. The molecule has 2 atom stereocenters. The number of carbonyl (C=O) groups excluding carboxylic acids is 2. The molecule has 0 bridgehead atoms. The second kappa shape index (κ2) is 9.14. The van der Waals surface area contributed by atoms with Crippen molar-refractivity contribution in [2.24, 2.45) is 0 Å². The molecule has 28 heavy (non-hydrogen) atoms. The first kappa shape index (κ1) is 20.3. The van der Waals surface area contributed by atoms with Gasteiger partial charge in [-0.05, 0) is 57.0 Å². The minimum atomic E-state index is -0.928. The van der Waals surface area contributed by atoms with Gasteiger partial charge in [0.2, 0.25) is 13.1 Å². The van der Waals surface area contributed by atoms with E-state index in [9.17, 15) is 9.59 Å². The third-order valence-electron chi connectivity index (χ3n) is 5.03. The van der Waals surface area contributed by atoms with Gasteiger partial charge in [-0.3, -0.25) is 9.69 Å². The van der Waals surface area contributed by atoms with Crippen LogP contribution in [0, 0.1) is 0 Å². The van der Waals surface area contributed by atoms with E-state index >= 15 is 0 Å². The van der Waals surface area contributed by atoms with Crippen molar-refractivity contribution in [3.8, 4) is 11.5 Å². The van der Waals surface area contributed by atoms with Crippen molar-refractivity contribution in [3.05, 3.63) is 23.8 Å². The number of hydrogen-bond donors (Lipinski definition) is 0. The molecule has 2 unspecified atom stereocenters. The number of hydrogen-bond acceptors (Lipinski definition) is 7. The topological polar surface area (TPSA) is 77.5 Å². The summed E-state index contributed by atoms with van der Waals surface area (Å²) >= 11 is 0. The zero-order chi connectivity index (χ0) is 20.1. The van der Waals surface area contributed by atoms with Gasteiger partial charge in [0.05, 0.1) is 6.54 Å². The number of fused-ring (bicyclic) bond motifs is 1. The summed E-state index contributed by atoms with van der Waals surface area (Å²) in [6, 6.07) is 5.62. The molecule has 2 aliphatic rings. The molecule has 1 fully saturated rings. The summed E-state index contributed by atoms with van der Waals surface area (Å²) in [6.07, 6.45) is 1.37. The first-order valence-corrected chi connectivity index (χ1v) is 9.66. The Bertz CT molecular complexity index is 704. The van der Waals surface area contributed by atoms with Gasteiger partial charge in [-0.25, -0.2) is 4.79 Å². The van der Waals surface area contributed by atoms with E-state index in [0.717, 1.165) is 37.2 Å². The van der Waals surface area contributed by atoms with Gasteiger partial charge in [0.1, 0.15) is 0 Å². The van der Waals surface area contributed by atoms with Crippen LogP contribution in [0.4, 0.5) is 4.79 Å². The normalized spacial score (nSPS) is 17.8. The number of amides is 1. The van der Waals surface area contributed by atoms with Gasteiger partial charge in [-0.1, -0.05) is 6.07 Å². The summed E-state index contributed by atoms with van der Waals surface area (Å²) in [6.45, 7) is 5.76. The summed E-state index contributed by atoms with van der Waals surface area (Å²) in [5.74, 6) is 1.07. The van der Waals surface area contributed by atoms with Gasteiger partial charge >= 0.3 is 12.1 Å². The van der Waals surface area contributed by atoms with E-state index in [1.807, 2.05) is 30.0 Å². The van der Waals surface area contributed by atoms with E-state index in [4.69, 9.17) is 18.9 Å². The smallest absolute Gasteiger partial charge is 0.412 e. The Hall–Kier alpha value is -2.48. The molecule has 1 aromatic carbocycles. The number of rotatable bonds is 7. The van der Waals surface area contributed by atoms with Crippen LogP contribution in [0.2, 0.25) is 0 Å². The van der Waals surface area contributed by atoms with Crippen LogP contribution in [0.5, 0.6) is 11.5 Å². The van der Waals surface area contributed by atoms with Crippen molar-refractivity contribution in [3.63, 3.8) is 0 Å². The fourth-order valence-corrected chi connectivity index (χ4v) is 3.32. The molecule has 2 aliphatic heterocycles. The number of benzene rings is 1. The molecule has 1 aromatic rings. The third kappa shape index (κ3) is 5.28. The quantitative estimate of drug-likeness (QED) is 0.521. The molecule has 0 saturated carbocycles. The summed E-state index contributed by atoms with van der Waals surface area (Å²) < 4.78 is 21.2. The molecule has 0 aromatic heterocycles. The van der Waals surface area contributed by atoms with Crippen LogP contribution >= 0.6 is 0 Å². The average Bonchev–Trinajstić information content (AvgIpc) is 3.31. The Morgan fingerprint density at radius 2 is 1.86 bits per heavy atom. The molecule has 1 saturated heterocycles. The summed E-state index contributed by atoms with van der Waals surface area (Å²) in [7, 11) is 1.67. The number of likely N-dealkylation sites (tertiary alicyclic amines) is 1. The van der Waals surface area contributed by atoms with Crippen molar-refractivity contribution in [1.82, 2.24) is 9.80 Å². The maximum atomic E-state index is 12.4. The highest BCUT2D eigenvalue weighted by Crippen LogP contribution is 2.33. The van der Waals surface area contributed by atoms with Gasteiger partial charge in [0.25, 0.3) is 0 Å². The molecule has 0 N–H and O–H groups in total. The van der Waals surface area contributed by atoms with Gasteiger partial charge in [0.15, 0.2) is 11.5 Å². The first-order valence-electron chi connectivity index (χ1n) is 9.66. The lowest BCUT2D eigenvalue weighted by atomic mass is 10.1. The lowest BCUT2D eigenvalue weighted by molar-refractivity contribution is -0.167. The van der Waals surface area contributed by atoms with Crippen LogP contribution in [-0.2, 0) is 20.7 Å². The van der Waals surface area contributed by atoms with E-state index < -0.39 is 12.4 Å². The number of carbonyl (C=O) groups is 2. The highest BCUT2D eigenvalue weighted by atomic mass is 16.7. The minimum absolute atomic E-state index is 0.111. The Morgan fingerprint density at radius 3 is 2.61 bits per heavy atom. The van der Waals surface area contributed by atoms with Gasteiger partial charge in [0, 0.05) is 20.0 Å². The lowest BCUT2D eigenvalue weighted by Crippen LogP contribution is -2.39. The number of esters is 1. The third-order valence-corrected chi connectivity index (χ3v) is 5.03. The van der Waals surface area contributed by atoms with Crippen molar-refractivity contribution in [2.75, 3.05) is 33.5 Å². The maximum absolute atomic E-state index is 12.4. The van der Waals surface area contributed by atoms with Crippen LogP contribution in [0.25, 0.3) is 0 Å². The van der Waals surface area contributed by atoms with Crippen LogP contribution in [-0.4, -0.2) is 67.7 Å². The fourth-order valence-electron chi connectivity index (χ4n) is 3.32. The van der Waals surface area contributed by atoms with E-state index in [0.29, 0.717) is 12.2 Å². The summed E-state index contributed by atoms with van der Waals surface area (Å²) in [5, 5.41) is 0. The maximum Gasteiger partial charge on any atom is 0.412 e. The molecule has 3 rings (SSSR count). The number of likely N-dealkylation sites (N-methyl/N-ethyl adjacent to an activating group) is 1. The molecule has 154 valence electrons. The Labute approximate surface area is 165 Å². The molecule has 8 heteroatoms. The van der Waals surface area contributed by atoms with Gasteiger partial charge < -0.3 is 23.8 Å². The van der Waals surface area contributed by atoms with E-state index in [-0.39, 0.29) is 25.3 Å². The standard InChI is InChI=1S/C20H28N2O6/c1-14(10-16-6-7-17-18(11-16)26-13-25-17)21(3)20(24)28-15(2)27-19(23)12-22-8-4-5-9-22/h6-7,11,14-15H,4-5,8-10,12-13H2,1-3H3. The molecule has 0 spiro atoms. The molecule has 0 radical (unpaired) electrons. The first-order chi connectivity index (χ1) is 13.4. The number of ether oxygens (including phenoxy) is 4. The van der Waals surface area contributed by atoms with E-state index in [1.165, 1.54) is 4.90 Å².